The fraction of sp³-hybridized carbons (Fsp3) is 0.125. The Bertz CT molecular complexity index is 651. The first kappa shape index (κ1) is 15.1. The zero-order valence-corrected chi connectivity index (χ0v) is 12.6. The van der Waals surface area contributed by atoms with E-state index in [1.165, 1.54) is 0 Å². The molecular formula is C16H16ClN3O. The largest absolute Gasteiger partial charge is 0.378 e. The quantitative estimate of drug-likeness (QED) is 0.696. The van der Waals surface area contributed by atoms with Crippen LogP contribution in [0.5, 0.6) is 0 Å². The molecule has 5 heteroatoms. The van der Waals surface area contributed by atoms with E-state index in [1.54, 1.807) is 30.5 Å². The summed E-state index contributed by atoms with van der Waals surface area (Å²) in [7, 11) is 3.96. The minimum Gasteiger partial charge on any atom is -0.378 e. The van der Waals surface area contributed by atoms with Crippen LogP contribution in [0, 0.1) is 0 Å². The van der Waals surface area contributed by atoms with Gasteiger partial charge in [0.25, 0.3) is 5.91 Å². The van der Waals surface area contributed by atoms with Crippen molar-refractivity contribution in [3.8, 4) is 0 Å². The van der Waals surface area contributed by atoms with E-state index >= 15 is 0 Å². The van der Waals surface area contributed by atoms with Crippen LogP contribution in [0.25, 0.3) is 0 Å². The first-order chi connectivity index (χ1) is 10.1. The highest BCUT2D eigenvalue weighted by atomic mass is 35.5. The molecule has 0 aromatic heterocycles. The average Bonchev–Trinajstić information content (AvgIpc) is 2.47. The maximum Gasteiger partial charge on any atom is 0.271 e. The fourth-order valence-corrected chi connectivity index (χ4v) is 1.91. The number of anilines is 1. The second kappa shape index (κ2) is 6.90. The molecule has 4 nitrogen and oxygen atoms in total. The van der Waals surface area contributed by atoms with E-state index in [0.29, 0.717) is 10.6 Å². The molecule has 0 unspecified atom stereocenters. The minimum absolute atomic E-state index is 0.293. The number of rotatable bonds is 4. The van der Waals surface area contributed by atoms with Crippen LogP contribution in [0.1, 0.15) is 15.9 Å². The molecule has 1 amide bonds. The molecule has 0 aliphatic heterocycles. The number of hydrogen-bond donors (Lipinski definition) is 1. The van der Waals surface area contributed by atoms with E-state index in [0.717, 1.165) is 11.3 Å². The van der Waals surface area contributed by atoms with Gasteiger partial charge in [0.05, 0.1) is 6.21 Å². The van der Waals surface area contributed by atoms with Crippen molar-refractivity contribution in [2.45, 2.75) is 0 Å². The Hall–Kier alpha value is -2.33. The second-order valence-electron chi connectivity index (χ2n) is 4.70. The van der Waals surface area contributed by atoms with Gasteiger partial charge in [-0.25, -0.2) is 5.43 Å². The van der Waals surface area contributed by atoms with Gasteiger partial charge in [0.1, 0.15) is 0 Å². The third-order valence-electron chi connectivity index (χ3n) is 2.88. The molecule has 0 radical (unpaired) electrons. The molecule has 0 atom stereocenters. The van der Waals surface area contributed by atoms with E-state index in [9.17, 15) is 4.79 Å². The van der Waals surface area contributed by atoms with E-state index in [2.05, 4.69) is 10.5 Å². The maximum absolute atomic E-state index is 11.8. The van der Waals surface area contributed by atoms with E-state index in [1.807, 2.05) is 43.3 Å². The van der Waals surface area contributed by atoms with Crippen molar-refractivity contribution < 1.29 is 4.79 Å². The van der Waals surface area contributed by atoms with Crippen molar-refractivity contribution in [2.24, 2.45) is 5.10 Å². The van der Waals surface area contributed by atoms with Crippen LogP contribution in [0.3, 0.4) is 0 Å². The van der Waals surface area contributed by atoms with Gasteiger partial charge < -0.3 is 4.90 Å². The number of amides is 1. The fourth-order valence-electron chi connectivity index (χ4n) is 1.72. The highest BCUT2D eigenvalue weighted by Crippen LogP contribution is 2.11. The molecule has 0 saturated carbocycles. The molecule has 21 heavy (non-hydrogen) atoms. The zero-order chi connectivity index (χ0) is 15.2. The Labute approximate surface area is 129 Å². The van der Waals surface area contributed by atoms with Crippen molar-refractivity contribution in [1.82, 2.24) is 5.43 Å². The van der Waals surface area contributed by atoms with Crippen LogP contribution >= 0.6 is 11.6 Å². The highest BCUT2D eigenvalue weighted by molar-refractivity contribution is 6.30. The first-order valence-electron chi connectivity index (χ1n) is 6.42. The molecule has 2 aromatic carbocycles. The maximum atomic E-state index is 11.8. The molecule has 0 spiro atoms. The Balaban J connectivity index is 1.97. The van der Waals surface area contributed by atoms with Gasteiger partial charge in [-0.1, -0.05) is 29.8 Å². The summed E-state index contributed by atoms with van der Waals surface area (Å²) in [5.74, 6) is -0.293. The zero-order valence-electron chi connectivity index (χ0n) is 11.9. The van der Waals surface area contributed by atoms with Gasteiger partial charge in [-0.05, 0) is 35.9 Å². The van der Waals surface area contributed by atoms with Crippen molar-refractivity contribution in [3.05, 3.63) is 64.7 Å². The van der Waals surface area contributed by atoms with Crippen LogP contribution in [0.15, 0.2) is 53.6 Å². The lowest BCUT2D eigenvalue weighted by Gasteiger charge is -2.11. The Kier molecular flexibility index (Phi) is 4.95. The predicted octanol–water partition coefficient (Wildman–Crippen LogP) is 3.17. The lowest BCUT2D eigenvalue weighted by molar-refractivity contribution is 0.0955. The van der Waals surface area contributed by atoms with Gasteiger partial charge in [0.2, 0.25) is 0 Å². The average molecular weight is 302 g/mol. The smallest absolute Gasteiger partial charge is 0.271 e. The summed E-state index contributed by atoms with van der Waals surface area (Å²) in [5.41, 5.74) is 4.96. The summed E-state index contributed by atoms with van der Waals surface area (Å²) in [5, 5.41) is 4.46. The molecule has 0 aliphatic rings. The Morgan fingerprint density at radius 3 is 2.52 bits per heavy atom. The minimum atomic E-state index is -0.293. The summed E-state index contributed by atoms with van der Waals surface area (Å²) < 4.78 is 0. The van der Waals surface area contributed by atoms with Crippen molar-refractivity contribution in [2.75, 3.05) is 19.0 Å². The number of carbonyl (C=O) groups excluding carboxylic acids is 1. The van der Waals surface area contributed by atoms with Crippen molar-refractivity contribution in [1.29, 1.82) is 0 Å². The number of hydrogen-bond acceptors (Lipinski definition) is 3. The summed E-state index contributed by atoms with van der Waals surface area (Å²) in [4.78, 5) is 13.9. The topological polar surface area (TPSA) is 44.7 Å². The number of hydrazone groups is 1. The van der Waals surface area contributed by atoms with Crippen molar-refractivity contribution in [3.63, 3.8) is 0 Å². The number of nitrogens with zero attached hydrogens (tertiary/aromatic N) is 2. The van der Waals surface area contributed by atoms with Crippen LogP contribution in [0.2, 0.25) is 5.02 Å². The number of benzene rings is 2. The summed E-state index contributed by atoms with van der Waals surface area (Å²) >= 11 is 5.84. The van der Waals surface area contributed by atoms with Gasteiger partial charge >= 0.3 is 0 Å². The standard InChI is InChI=1S/C16H16ClN3O/c1-20(2)15-8-6-12(7-9-15)11-18-19-16(21)13-4-3-5-14(17)10-13/h3-11H,1-2H3,(H,19,21). The first-order valence-corrected chi connectivity index (χ1v) is 6.80. The second-order valence-corrected chi connectivity index (χ2v) is 5.13. The van der Waals surface area contributed by atoms with E-state index in [-0.39, 0.29) is 5.91 Å². The van der Waals surface area contributed by atoms with Crippen LogP contribution in [0.4, 0.5) is 5.69 Å². The molecule has 2 rings (SSSR count). The number of carbonyl (C=O) groups is 1. The van der Waals surface area contributed by atoms with Crippen LogP contribution in [-0.4, -0.2) is 26.2 Å². The lowest BCUT2D eigenvalue weighted by atomic mass is 10.2. The SMILES string of the molecule is CN(C)c1ccc(C=NNC(=O)c2cccc(Cl)c2)cc1. The van der Waals surface area contributed by atoms with Gasteiger partial charge in [-0.3, -0.25) is 4.79 Å². The molecule has 108 valence electrons. The molecule has 0 heterocycles. The summed E-state index contributed by atoms with van der Waals surface area (Å²) in [6, 6.07) is 14.6. The van der Waals surface area contributed by atoms with Crippen molar-refractivity contribution >= 4 is 29.4 Å². The van der Waals surface area contributed by atoms with E-state index < -0.39 is 0 Å². The normalized spacial score (nSPS) is 10.6. The van der Waals surface area contributed by atoms with Gasteiger partial charge in [-0.2, -0.15) is 5.10 Å². The molecule has 0 fully saturated rings. The number of halogens is 1. The monoisotopic (exact) mass is 301 g/mol. The predicted molar refractivity (Wildman–Crippen MR) is 87.3 cm³/mol. The number of nitrogens with one attached hydrogen (secondary N) is 1. The van der Waals surface area contributed by atoms with Crippen LogP contribution in [-0.2, 0) is 0 Å². The third kappa shape index (κ3) is 4.33. The third-order valence-corrected chi connectivity index (χ3v) is 3.11. The molecule has 2 aromatic rings. The molecule has 1 N–H and O–H groups in total. The van der Waals surface area contributed by atoms with Gasteiger partial charge in [0.15, 0.2) is 0 Å². The van der Waals surface area contributed by atoms with E-state index in [4.69, 9.17) is 11.6 Å². The molecular weight excluding hydrogens is 286 g/mol. The Morgan fingerprint density at radius 1 is 1.19 bits per heavy atom. The lowest BCUT2D eigenvalue weighted by Crippen LogP contribution is -2.17. The van der Waals surface area contributed by atoms with Gasteiger partial charge in [-0.15, -0.1) is 0 Å². The van der Waals surface area contributed by atoms with Crippen LogP contribution < -0.4 is 10.3 Å². The summed E-state index contributed by atoms with van der Waals surface area (Å²) in [6.45, 7) is 0. The molecule has 0 saturated heterocycles. The molecule has 0 bridgehead atoms. The highest BCUT2D eigenvalue weighted by Gasteiger charge is 2.03. The molecule has 0 aliphatic carbocycles. The summed E-state index contributed by atoms with van der Waals surface area (Å²) in [6.07, 6.45) is 1.60. The Morgan fingerprint density at radius 2 is 1.90 bits per heavy atom. The van der Waals surface area contributed by atoms with Gasteiger partial charge in [0, 0.05) is 30.4 Å².